The summed E-state index contributed by atoms with van der Waals surface area (Å²) >= 11 is 6.03. The number of nitrogens with one attached hydrogen (secondary N) is 2. The number of cyclic esters (lactones) is 1. The van der Waals surface area contributed by atoms with Crippen molar-refractivity contribution in [3.8, 4) is 17.2 Å². The number of benzene rings is 3. The van der Waals surface area contributed by atoms with Gasteiger partial charge in [0, 0.05) is 52.7 Å². The van der Waals surface area contributed by atoms with Crippen LogP contribution < -0.4 is 24.8 Å². The zero-order valence-electron chi connectivity index (χ0n) is 29.9. The molecule has 7 rings (SSSR count). The van der Waals surface area contributed by atoms with E-state index in [9.17, 15) is 24.0 Å². The average molecular weight is 758 g/mol. The number of hydrogen-bond acceptors (Lipinski definition) is 10. The summed E-state index contributed by atoms with van der Waals surface area (Å²) in [6.45, 7) is 2.83. The number of aromatic nitrogens is 1. The minimum Gasteiger partial charge on any atom is -0.497 e. The van der Waals surface area contributed by atoms with E-state index in [-0.39, 0.29) is 62.3 Å². The van der Waals surface area contributed by atoms with Gasteiger partial charge < -0.3 is 34.3 Å². The fraction of sp³-hybridized carbons (Fsp3) is 0.375. The lowest BCUT2D eigenvalue weighted by Crippen LogP contribution is -2.33. The first-order valence-corrected chi connectivity index (χ1v) is 18.3. The molecule has 13 nitrogen and oxygen atoms in total. The molecule has 4 aromatic rings. The topological polar surface area (TPSA) is 160 Å². The highest BCUT2D eigenvalue weighted by Crippen LogP contribution is 2.48. The van der Waals surface area contributed by atoms with Crippen molar-refractivity contribution in [1.29, 1.82) is 0 Å². The van der Waals surface area contributed by atoms with Crippen LogP contribution in [0.4, 0.5) is 0 Å². The highest BCUT2D eigenvalue weighted by Gasteiger charge is 2.48. The van der Waals surface area contributed by atoms with Gasteiger partial charge in [-0.1, -0.05) is 11.6 Å². The van der Waals surface area contributed by atoms with Crippen molar-refractivity contribution in [2.24, 2.45) is 11.8 Å². The zero-order chi connectivity index (χ0) is 37.9. The van der Waals surface area contributed by atoms with Gasteiger partial charge in [0.2, 0.25) is 18.6 Å². The summed E-state index contributed by atoms with van der Waals surface area (Å²) < 4.78 is 29.2. The quantitative estimate of drug-likeness (QED) is 0.140. The molecule has 1 aliphatic carbocycles. The lowest BCUT2D eigenvalue weighted by Gasteiger charge is -2.32. The van der Waals surface area contributed by atoms with Gasteiger partial charge in [-0.2, -0.15) is 0 Å². The second-order valence-electron chi connectivity index (χ2n) is 13.6. The third-order valence-corrected chi connectivity index (χ3v) is 10.5. The lowest BCUT2D eigenvalue weighted by molar-refractivity contribution is -0.155. The second kappa shape index (κ2) is 15.8. The molecular formula is C40H40ClN3O10. The first-order chi connectivity index (χ1) is 26.1. The Hall–Kier alpha value is -5.56. The van der Waals surface area contributed by atoms with Crippen LogP contribution in [0.15, 0.2) is 54.6 Å². The van der Waals surface area contributed by atoms with Crippen LogP contribution in [-0.2, 0) is 41.5 Å². The van der Waals surface area contributed by atoms with Gasteiger partial charge in [-0.25, -0.2) is 0 Å². The highest BCUT2D eigenvalue weighted by molar-refractivity contribution is 6.30. The van der Waals surface area contributed by atoms with Gasteiger partial charge in [0.25, 0.3) is 5.91 Å². The summed E-state index contributed by atoms with van der Waals surface area (Å²) in [6, 6.07) is 15.7. The number of carbonyl (C=O) groups is 5. The Morgan fingerprint density at radius 2 is 1.63 bits per heavy atom. The summed E-state index contributed by atoms with van der Waals surface area (Å²) in [4.78, 5) is 64.5. The van der Waals surface area contributed by atoms with Gasteiger partial charge in [-0.05, 0) is 91.9 Å². The lowest BCUT2D eigenvalue weighted by atomic mass is 9.75. The molecule has 3 heterocycles. The maximum atomic E-state index is 13.6. The van der Waals surface area contributed by atoms with Gasteiger partial charge in [-0.3, -0.25) is 28.5 Å². The van der Waals surface area contributed by atoms with Crippen molar-refractivity contribution in [2.75, 3.05) is 33.6 Å². The molecule has 2 aliphatic heterocycles. The number of esters is 2. The molecule has 14 heteroatoms. The molecular weight excluding hydrogens is 718 g/mol. The minimum absolute atomic E-state index is 0.0575. The van der Waals surface area contributed by atoms with Gasteiger partial charge in [0.15, 0.2) is 11.5 Å². The predicted molar refractivity (Wildman–Crippen MR) is 196 cm³/mol. The molecule has 0 spiro atoms. The normalized spacial score (nSPS) is 18.1. The molecule has 0 radical (unpaired) electrons. The van der Waals surface area contributed by atoms with Crippen molar-refractivity contribution in [3.63, 3.8) is 0 Å². The number of carbonyl (C=O) groups excluding carboxylic acids is 5. The summed E-state index contributed by atoms with van der Waals surface area (Å²) in [5.41, 5.74) is 4.12. The molecule has 3 atom stereocenters. The number of hydrogen-bond donors (Lipinski definition) is 2. The maximum Gasteiger partial charge on any atom is 0.309 e. The smallest absolute Gasteiger partial charge is 0.309 e. The number of amides is 2. The van der Waals surface area contributed by atoms with Gasteiger partial charge in [0.1, 0.15) is 11.9 Å². The first kappa shape index (κ1) is 36.8. The maximum absolute atomic E-state index is 13.6. The van der Waals surface area contributed by atoms with Crippen LogP contribution >= 0.6 is 11.6 Å². The van der Waals surface area contributed by atoms with Crippen LogP contribution in [0.2, 0.25) is 5.02 Å². The number of unbranched alkanes of at least 4 members (excludes halogenated alkanes) is 1. The predicted octanol–water partition coefficient (Wildman–Crippen LogP) is 4.99. The van der Waals surface area contributed by atoms with Crippen LogP contribution in [0.1, 0.15) is 64.5 Å². The fourth-order valence-electron chi connectivity index (χ4n) is 7.40. The third kappa shape index (κ3) is 7.58. The summed E-state index contributed by atoms with van der Waals surface area (Å²) in [6.07, 6.45) is 0.853. The average Bonchev–Trinajstić information content (AvgIpc) is 3.86. The Morgan fingerprint density at radius 1 is 0.907 bits per heavy atom. The number of rotatable bonds is 13. The van der Waals surface area contributed by atoms with Gasteiger partial charge in [0.05, 0.1) is 38.0 Å². The van der Waals surface area contributed by atoms with E-state index < -0.39 is 18.0 Å². The number of nitrogens with zero attached hydrogens (tertiary/aromatic N) is 1. The second-order valence-corrected chi connectivity index (χ2v) is 14.0. The van der Waals surface area contributed by atoms with Crippen LogP contribution in [0.5, 0.6) is 17.2 Å². The number of fused-ring (bicyclic) bond motifs is 4. The molecule has 1 saturated heterocycles. The first-order valence-electron chi connectivity index (χ1n) is 17.9. The number of methoxy groups -OCH3 is 1. The van der Waals surface area contributed by atoms with E-state index in [2.05, 4.69) is 10.6 Å². The molecule has 1 unspecified atom stereocenters. The van der Waals surface area contributed by atoms with E-state index in [0.717, 1.165) is 22.1 Å². The van der Waals surface area contributed by atoms with E-state index in [1.165, 1.54) is 0 Å². The van der Waals surface area contributed by atoms with Crippen LogP contribution in [-0.4, -0.2) is 67.8 Å². The molecule has 2 amide bonds. The third-order valence-electron chi connectivity index (χ3n) is 10.2. The Morgan fingerprint density at radius 3 is 2.37 bits per heavy atom. The van der Waals surface area contributed by atoms with E-state index in [1.807, 2.05) is 25.1 Å². The molecule has 1 fully saturated rings. The molecule has 282 valence electrons. The number of halogens is 1. The monoisotopic (exact) mass is 757 g/mol. The van der Waals surface area contributed by atoms with Gasteiger partial charge in [-0.15, -0.1) is 0 Å². The van der Waals surface area contributed by atoms with Crippen molar-refractivity contribution in [3.05, 3.63) is 87.6 Å². The molecule has 54 heavy (non-hydrogen) atoms. The van der Waals surface area contributed by atoms with Crippen molar-refractivity contribution >= 4 is 52.2 Å². The van der Waals surface area contributed by atoms with Crippen molar-refractivity contribution in [2.45, 2.75) is 51.6 Å². The van der Waals surface area contributed by atoms with Crippen molar-refractivity contribution < 1.29 is 47.7 Å². The summed E-state index contributed by atoms with van der Waals surface area (Å²) in [5.74, 6) is -0.578. The Labute approximate surface area is 316 Å². The molecule has 2 N–H and O–H groups in total. The van der Waals surface area contributed by atoms with Gasteiger partial charge >= 0.3 is 11.9 Å². The van der Waals surface area contributed by atoms with Crippen LogP contribution in [0.25, 0.3) is 10.9 Å². The van der Waals surface area contributed by atoms with Crippen molar-refractivity contribution in [1.82, 2.24) is 15.2 Å². The molecule has 0 bridgehead atoms. The molecule has 1 aromatic heterocycles. The molecule has 0 saturated carbocycles. The van der Waals surface area contributed by atoms with E-state index >= 15 is 0 Å². The summed E-state index contributed by atoms with van der Waals surface area (Å²) in [7, 11) is 1.56. The van der Waals surface area contributed by atoms with E-state index in [4.69, 9.17) is 35.3 Å². The largest absolute Gasteiger partial charge is 0.497 e. The highest BCUT2D eigenvalue weighted by atomic mass is 35.5. The van der Waals surface area contributed by atoms with E-state index in [1.54, 1.807) is 48.1 Å². The Bertz CT molecular complexity index is 2130. The molecule has 3 aromatic carbocycles. The zero-order valence-corrected chi connectivity index (χ0v) is 30.7. The standard InChI is InChI=1S/C40H40ClN3O10/c1-22-27(29-17-26(50-2)9-10-32(29)44(22)39(48)23-5-7-25(41)8-6-23)19-36(46)43-14-4-3-13-42-35(45)11-12-37(47)54-38-28-18-34-33(52-21-53-34)16-24(28)15-30-31(38)20-51-40(30)49/h5-10,16-18,30-31,38H,3-4,11-15,19-21H2,1-2H3,(H,42,45)(H,43,46)/t30-,31?,38+/m0/s1. The van der Waals surface area contributed by atoms with Crippen LogP contribution in [0, 0.1) is 18.8 Å². The van der Waals surface area contributed by atoms with Crippen LogP contribution in [0.3, 0.4) is 0 Å². The fourth-order valence-corrected chi connectivity index (χ4v) is 7.52. The Kier molecular flexibility index (Phi) is 10.8. The van der Waals surface area contributed by atoms with E-state index in [0.29, 0.717) is 71.4 Å². The molecule has 3 aliphatic rings. The SMILES string of the molecule is COc1ccc2c(c1)c(CC(=O)NCCCCNC(=O)CCC(=O)O[C@@H]1c3cc4c(cc3C[C@@H]3C(=O)OCC31)OCO4)c(C)n2C(=O)c1ccc(Cl)cc1. The minimum atomic E-state index is -0.701. The Balaban J connectivity index is 0.864. The number of ether oxygens (including phenoxy) is 5. The summed E-state index contributed by atoms with van der Waals surface area (Å²) in [5, 5.41) is 7.03.